The van der Waals surface area contributed by atoms with Gasteiger partial charge in [-0.3, -0.25) is 0 Å². The van der Waals surface area contributed by atoms with Crippen LogP contribution in [0.1, 0.15) is 17.8 Å². The Morgan fingerprint density at radius 2 is 1.83 bits per heavy atom. The summed E-state index contributed by atoms with van der Waals surface area (Å²) in [7, 11) is 0. The van der Waals surface area contributed by atoms with Gasteiger partial charge in [0.1, 0.15) is 5.82 Å². The molecule has 0 unspecified atom stereocenters. The van der Waals surface area contributed by atoms with Crippen molar-refractivity contribution in [1.82, 2.24) is 15.1 Å². The summed E-state index contributed by atoms with van der Waals surface area (Å²) in [6, 6.07) is 7.62. The Labute approximate surface area is 102 Å². The van der Waals surface area contributed by atoms with Crippen molar-refractivity contribution in [2.24, 2.45) is 0 Å². The van der Waals surface area contributed by atoms with Crippen molar-refractivity contribution in [3.63, 3.8) is 0 Å². The van der Waals surface area contributed by atoms with Gasteiger partial charge in [-0.15, -0.1) is 0 Å². The van der Waals surface area contributed by atoms with Crippen molar-refractivity contribution in [3.05, 3.63) is 53.6 Å². The fourth-order valence-electron chi connectivity index (χ4n) is 1.52. The number of nitrogens with one attached hydrogen (secondary N) is 1. The number of halogens is 3. The monoisotopic (exact) mass is 255 g/mol. The number of hydrogen-bond donors (Lipinski definition) is 1. The zero-order valence-electron chi connectivity index (χ0n) is 9.48. The number of alkyl halides is 2. The smallest absolute Gasteiger partial charge is 0.307 e. The highest BCUT2D eigenvalue weighted by molar-refractivity contribution is 5.15. The predicted molar refractivity (Wildman–Crippen MR) is 60.4 cm³/mol. The third kappa shape index (κ3) is 3.33. The van der Waals surface area contributed by atoms with Gasteiger partial charge in [-0.05, 0) is 23.8 Å². The van der Waals surface area contributed by atoms with Crippen LogP contribution in [0.5, 0.6) is 0 Å². The molecule has 0 bridgehead atoms. The van der Waals surface area contributed by atoms with Crippen LogP contribution in [0.4, 0.5) is 13.2 Å². The van der Waals surface area contributed by atoms with Crippen molar-refractivity contribution < 1.29 is 13.2 Å². The van der Waals surface area contributed by atoms with E-state index in [9.17, 15) is 13.2 Å². The van der Waals surface area contributed by atoms with E-state index in [0.29, 0.717) is 23.5 Å². The van der Waals surface area contributed by atoms with Gasteiger partial charge >= 0.3 is 6.55 Å². The summed E-state index contributed by atoms with van der Waals surface area (Å²) < 4.78 is 37.8. The maximum absolute atomic E-state index is 12.6. The average molecular weight is 255 g/mol. The molecule has 0 aliphatic heterocycles. The van der Waals surface area contributed by atoms with Gasteiger partial charge in [0.25, 0.3) is 0 Å². The summed E-state index contributed by atoms with van der Waals surface area (Å²) in [5.74, 6) is -0.283. The molecule has 0 fully saturated rings. The molecule has 2 rings (SSSR count). The number of hydrogen-bond acceptors (Lipinski definition) is 2. The van der Waals surface area contributed by atoms with E-state index >= 15 is 0 Å². The molecule has 96 valence electrons. The third-order valence-corrected chi connectivity index (χ3v) is 2.41. The highest BCUT2D eigenvalue weighted by Crippen LogP contribution is 2.08. The van der Waals surface area contributed by atoms with Crippen LogP contribution >= 0.6 is 0 Å². The molecule has 0 spiro atoms. The number of nitrogens with zero attached hydrogens (tertiary/aromatic N) is 2. The number of aromatic nitrogens is 2. The van der Waals surface area contributed by atoms with Gasteiger partial charge in [-0.25, -0.2) is 9.07 Å². The van der Waals surface area contributed by atoms with Crippen LogP contribution in [0.3, 0.4) is 0 Å². The summed E-state index contributed by atoms with van der Waals surface area (Å²) in [5, 5.41) is 6.75. The lowest BCUT2D eigenvalue weighted by Crippen LogP contribution is -2.13. The summed E-state index contributed by atoms with van der Waals surface area (Å²) in [6.07, 6.45) is 1.24. The van der Waals surface area contributed by atoms with Gasteiger partial charge in [0.05, 0.1) is 5.69 Å². The second-order valence-corrected chi connectivity index (χ2v) is 3.79. The Kier molecular flexibility index (Phi) is 3.99. The molecule has 18 heavy (non-hydrogen) atoms. The molecule has 3 nitrogen and oxygen atoms in total. The van der Waals surface area contributed by atoms with Crippen LogP contribution in [0.2, 0.25) is 0 Å². The highest BCUT2D eigenvalue weighted by Gasteiger charge is 2.06. The Bertz CT molecular complexity index is 494. The van der Waals surface area contributed by atoms with Gasteiger partial charge in [-0.2, -0.15) is 13.9 Å². The van der Waals surface area contributed by atoms with E-state index in [2.05, 4.69) is 10.4 Å². The summed E-state index contributed by atoms with van der Waals surface area (Å²) >= 11 is 0. The minimum atomic E-state index is -2.61. The topological polar surface area (TPSA) is 29.9 Å². The van der Waals surface area contributed by atoms with Crippen molar-refractivity contribution in [1.29, 1.82) is 0 Å². The van der Waals surface area contributed by atoms with Crippen molar-refractivity contribution in [3.8, 4) is 0 Å². The standard InChI is InChI=1S/C12H12F3N3/c13-10-3-1-9(2-4-10)7-16-8-11-5-6-18(17-11)12(14)15/h1-6,12,16H,7-8H2. The molecule has 0 aliphatic rings. The molecule has 1 aromatic heterocycles. The van der Waals surface area contributed by atoms with E-state index < -0.39 is 6.55 Å². The second-order valence-electron chi connectivity index (χ2n) is 3.79. The predicted octanol–water partition coefficient (Wildman–Crippen LogP) is 2.71. The number of rotatable bonds is 5. The first kappa shape index (κ1) is 12.6. The molecular formula is C12H12F3N3. The van der Waals surface area contributed by atoms with E-state index in [4.69, 9.17) is 0 Å². The normalized spacial score (nSPS) is 11.1. The van der Waals surface area contributed by atoms with E-state index in [-0.39, 0.29) is 5.82 Å². The lowest BCUT2D eigenvalue weighted by Gasteiger charge is -2.03. The van der Waals surface area contributed by atoms with Crippen LogP contribution in [0, 0.1) is 5.82 Å². The van der Waals surface area contributed by atoms with Gasteiger partial charge in [0, 0.05) is 19.3 Å². The molecule has 0 aliphatic carbocycles. The molecule has 0 saturated carbocycles. The largest absolute Gasteiger partial charge is 0.333 e. The first-order valence-electron chi connectivity index (χ1n) is 5.42. The van der Waals surface area contributed by atoms with Gasteiger partial charge in [0.2, 0.25) is 0 Å². The quantitative estimate of drug-likeness (QED) is 0.890. The molecule has 2 aromatic rings. The van der Waals surface area contributed by atoms with Crippen LogP contribution < -0.4 is 5.32 Å². The Balaban J connectivity index is 1.82. The number of benzene rings is 1. The van der Waals surface area contributed by atoms with Crippen LogP contribution in [0.15, 0.2) is 36.5 Å². The third-order valence-electron chi connectivity index (χ3n) is 2.41. The molecule has 0 radical (unpaired) electrons. The van der Waals surface area contributed by atoms with Gasteiger partial charge < -0.3 is 5.32 Å². The molecule has 0 atom stereocenters. The Hall–Kier alpha value is -1.82. The molecule has 1 N–H and O–H groups in total. The summed E-state index contributed by atoms with van der Waals surface area (Å²) in [5.41, 5.74) is 1.46. The van der Waals surface area contributed by atoms with E-state index in [0.717, 1.165) is 5.56 Å². The van der Waals surface area contributed by atoms with E-state index in [1.165, 1.54) is 24.4 Å². The van der Waals surface area contributed by atoms with Crippen LogP contribution in [0.25, 0.3) is 0 Å². The average Bonchev–Trinajstić information content (AvgIpc) is 2.81. The van der Waals surface area contributed by atoms with Gasteiger partial charge in [-0.1, -0.05) is 12.1 Å². The lowest BCUT2D eigenvalue weighted by molar-refractivity contribution is 0.0561. The Morgan fingerprint density at radius 3 is 2.44 bits per heavy atom. The minimum Gasteiger partial charge on any atom is -0.307 e. The first-order valence-corrected chi connectivity index (χ1v) is 5.42. The zero-order chi connectivity index (χ0) is 13.0. The van der Waals surface area contributed by atoms with E-state index in [1.54, 1.807) is 12.1 Å². The molecule has 6 heteroatoms. The molecule has 1 aromatic carbocycles. The maximum Gasteiger partial charge on any atom is 0.333 e. The SMILES string of the molecule is Fc1ccc(CNCc2ccn(C(F)F)n2)cc1. The van der Waals surface area contributed by atoms with Crippen molar-refractivity contribution in [2.45, 2.75) is 19.6 Å². The molecule has 0 amide bonds. The van der Waals surface area contributed by atoms with Crippen LogP contribution in [-0.2, 0) is 13.1 Å². The molecular weight excluding hydrogens is 243 g/mol. The van der Waals surface area contributed by atoms with Gasteiger partial charge in [0.15, 0.2) is 0 Å². The van der Waals surface area contributed by atoms with Crippen molar-refractivity contribution in [2.75, 3.05) is 0 Å². The van der Waals surface area contributed by atoms with E-state index in [1.807, 2.05) is 0 Å². The fraction of sp³-hybridized carbons (Fsp3) is 0.250. The van der Waals surface area contributed by atoms with Crippen molar-refractivity contribution >= 4 is 0 Å². The Morgan fingerprint density at radius 1 is 1.11 bits per heavy atom. The fourth-order valence-corrected chi connectivity index (χ4v) is 1.52. The molecule has 0 saturated heterocycles. The highest BCUT2D eigenvalue weighted by atomic mass is 19.3. The lowest BCUT2D eigenvalue weighted by atomic mass is 10.2. The zero-order valence-corrected chi connectivity index (χ0v) is 9.48. The summed E-state index contributed by atoms with van der Waals surface area (Å²) in [6.45, 7) is -1.70. The second kappa shape index (κ2) is 5.68. The maximum atomic E-state index is 12.6. The van der Waals surface area contributed by atoms with Crippen LogP contribution in [-0.4, -0.2) is 9.78 Å². The summed E-state index contributed by atoms with van der Waals surface area (Å²) in [4.78, 5) is 0. The first-order chi connectivity index (χ1) is 8.65. The minimum absolute atomic E-state index is 0.283. The molecule has 1 heterocycles.